The van der Waals surface area contributed by atoms with Gasteiger partial charge < -0.3 is 0 Å². The van der Waals surface area contributed by atoms with E-state index in [1.54, 1.807) is 6.92 Å². The van der Waals surface area contributed by atoms with E-state index >= 15 is 0 Å². The van der Waals surface area contributed by atoms with Gasteiger partial charge >= 0.3 is 0 Å². The molecule has 0 aromatic heterocycles. The van der Waals surface area contributed by atoms with Crippen LogP contribution in [0.5, 0.6) is 0 Å². The number of hydrogen-bond donors (Lipinski definition) is 0. The summed E-state index contributed by atoms with van der Waals surface area (Å²) in [6, 6.07) is 24.3. The fraction of sp³-hybridized carbons (Fsp3) is 0.250. The highest BCUT2D eigenvalue weighted by atomic mass is 79.9. The van der Waals surface area contributed by atoms with Crippen LogP contribution in [-0.4, -0.2) is 5.78 Å². The van der Waals surface area contributed by atoms with Crippen LogP contribution in [0.2, 0.25) is 0 Å². The molecule has 0 saturated carbocycles. The Morgan fingerprint density at radius 1 is 0.667 bits per heavy atom. The van der Waals surface area contributed by atoms with E-state index in [1.165, 1.54) is 27.8 Å². The Morgan fingerprint density at radius 2 is 1.23 bits per heavy atom. The summed E-state index contributed by atoms with van der Waals surface area (Å²) >= 11 is 3.47. The minimum Gasteiger partial charge on any atom is -0.295 e. The summed E-state index contributed by atoms with van der Waals surface area (Å²) in [5.74, 6) is 0.137. The molecule has 0 unspecified atom stereocenters. The highest BCUT2D eigenvalue weighted by molar-refractivity contribution is 9.10. The molecule has 0 atom stereocenters. The standard InChI is InChI=1S/C12H15Br.C9H10O.C7H8/c1-8(2)10(4)12-6-5-11(13)7-9(12)3;1-7-5-3-4-6-9(7)8(2)10;1-7-5-3-2-4-6-7/h5-7H,1-4H3;3-6H,1-2H3;2-6H,1H3. The van der Waals surface area contributed by atoms with E-state index in [1.807, 2.05) is 49.4 Å². The smallest absolute Gasteiger partial charge is 0.160 e. The number of halogens is 1. The lowest BCUT2D eigenvalue weighted by atomic mass is 9.99. The van der Waals surface area contributed by atoms with Gasteiger partial charge in [0.05, 0.1) is 0 Å². The lowest BCUT2D eigenvalue weighted by Crippen LogP contribution is -1.93. The second-order valence-corrected chi connectivity index (χ2v) is 8.53. The molecule has 0 aliphatic heterocycles. The molecule has 3 rings (SSSR count). The molecule has 3 aromatic rings. The number of allylic oxidation sites excluding steroid dienone is 2. The lowest BCUT2D eigenvalue weighted by Gasteiger charge is -2.08. The molecule has 0 spiro atoms. The zero-order valence-electron chi connectivity index (χ0n) is 19.2. The fourth-order valence-electron chi connectivity index (χ4n) is 2.82. The number of carbonyl (C=O) groups excluding carboxylic acids is 1. The molecule has 0 amide bonds. The number of rotatable bonds is 2. The van der Waals surface area contributed by atoms with Gasteiger partial charge in [-0.3, -0.25) is 4.79 Å². The Labute approximate surface area is 191 Å². The first-order valence-electron chi connectivity index (χ1n) is 10.1. The monoisotopic (exact) mass is 464 g/mol. The molecule has 0 aliphatic carbocycles. The molecule has 0 fully saturated rings. The van der Waals surface area contributed by atoms with Crippen molar-refractivity contribution in [1.82, 2.24) is 0 Å². The van der Waals surface area contributed by atoms with Gasteiger partial charge in [0.2, 0.25) is 0 Å². The maximum absolute atomic E-state index is 10.9. The summed E-state index contributed by atoms with van der Waals surface area (Å²) in [6.07, 6.45) is 0. The zero-order valence-corrected chi connectivity index (χ0v) is 20.8. The second kappa shape index (κ2) is 13.0. The van der Waals surface area contributed by atoms with Crippen LogP contribution in [0.3, 0.4) is 0 Å². The van der Waals surface area contributed by atoms with E-state index in [0.717, 1.165) is 15.6 Å². The van der Waals surface area contributed by atoms with E-state index in [9.17, 15) is 4.79 Å². The first-order chi connectivity index (χ1) is 14.1. The normalized spacial score (nSPS) is 9.47. The van der Waals surface area contributed by atoms with Crippen LogP contribution in [0, 0.1) is 20.8 Å². The Hall–Kier alpha value is -2.45. The first kappa shape index (κ1) is 25.6. The van der Waals surface area contributed by atoms with Gasteiger partial charge in [-0.15, -0.1) is 0 Å². The van der Waals surface area contributed by atoms with Crippen molar-refractivity contribution in [2.45, 2.75) is 48.5 Å². The van der Waals surface area contributed by atoms with Crippen molar-refractivity contribution in [2.24, 2.45) is 0 Å². The van der Waals surface area contributed by atoms with Crippen LogP contribution >= 0.6 is 15.9 Å². The number of carbonyl (C=O) groups is 1. The molecule has 0 radical (unpaired) electrons. The number of benzene rings is 3. The van der Waals surface area contributed by atoms with Crippen molar-refractivity contribution in [3.05, 3.63) is 111 Å². The van der Waals surface area contributed by atoms with E-state index in [0.29, 0.717) is 0 Å². The van der Waals surface area contributed by atoms with Crippen LogP contribution in [0.25, 0.3) is 5.57 Å². The summed E-state index contributed by atoms with van der Waals surface area (Å²) in [5.41, 5.74) is 8.63. The lowest BCUT2D eigenvalue weighted by molar-refractivity contribution is 0.101. The van der Waals surface area contributed by atoms with Crippen molar-refractivity contribution in [3.63, 3.8) is 0 Å². The van der Waals surface area contributed by atoms with E-state index in [-0.39, 0.29) is 5.78 Å². The van der Waals surface area contributed by atoms with Gasteiger partial charge in [0.25, 0.3) is 0 Å². The van der Waals surface area contributed by atoms with Gasteiger partial charge in [0, 0.05) is 10.0 Å². The quantitative estimate of drug-likeness (QED) is 0.346. The Morgan fingerprint density at radius 3 is 1.63 bits per heavy atom. The minimum absolute atomic E-state index is 0.137. The van der Waals surface area contributed by atoms with Crippen molar-refractivity contribution in [3.8, 4) is 0 Å². The third kappa shape index (κ3) is 8.92. The Kier molecular flexibility index (Phi) is 11.1. The molecular formula is C28H33BrO. The van der Waals surface area contributed by atoms with Crippen LogP contribution in [0.1, 0.15) is 60.3 Å². The minimum atomic E-state index is 0.137. The molecule has 0 N–H and O–H groups in total. The first-order valence-corrected chi connectivity index (χ1v) is 10.9. The number of aryl methyl sites for hydroxylation is 3. The largest absolute Gasteiger partial charge is 0.295 e. The summed E-state index contributed by atoms with van der Waals surface area (Å²) in [4.78, 5) is 10.9. The van der Waals surface area contributed by atoms with Gasteiger partial charge in [0.15, 0.2) is 5.78 Å². The van der Waals surface area contributed by atoms with Crippen LogP contribution in [0.4, 0.5) is 0 Å². The maximum Gasteiger partial charge on any atom is 0.160 e. The highest BCUT2D eigenvalue weighted by Crippen LogP contribution is 2.24. The van der Waals surface area contributed by atoms with Crippen molar-refractivity contribution < 1.29 is 4.79 Å². The van der Waals surface area contributed by atoms with E-state index in [4.69, 9.17) is 0 Å². The Bertz CT molecular complexity index is 981. The third-order valence-corrected chi connectivity index (χ3v) is 5.30. The van der Waals surface area contributed by atoms with Gasteiger partial charge in [-0.25, -0.2) is 0 Å². The number of hydrogen-bond acceptors (Lipinski definition) is 1. The molecule has 0 bridgehead atoms. The summed E-state index contributed by atoms with van der Waals surface area (Å²) in [7, 11) is 0. The van der Waals surface area contributed by atoms with Crippen LogP contribution in [-0.2, 0) is 0 Å². The fourth-order valence-corrected chi connectivity index (χ4v) is 3.30. The van der Waals surface area contributed by atoms with Crippen LogP contribution in [0.15, 0.2) is 82.8 Å². The average Bonchev–Trinajstić information content (AvgIpc) is 2.69. The molecule has 2 heteroatoms. The van der Waals surface area contributed by atoms with Gasteiger partial charge in [-0.1, -0.05) is 87.7 Å². The molecular weight excluding hydrogens is 432 g/mol. The number of Topliss-reactive ketones (excluding diaryl/α,β-unsaturated/α-hetero) is 1. The van der Waals surface area contributed by atoms with E-state index < -0.39 is 0 Å². The number of ketones is 1. The van der Waals surface area contributed by atoms with Crippen molar-refractivity contribution in [1.29, 1.82) is 0 Å². The maximum atomic E-state index is 10.9. The average molecular weight is 465 g/mol. The second-order valence-electron chi connectivity index (χ2n) is 7.61. The molecule has 0 heterocycles. The topological polar surface area (TPSA) is 17.1 Å². The van der Waals surface area contributed by atoms with Crippen molar-refractivity contribution >= 4 is 27.3 Å². The summed E-state index contributed by atoms with van der Waals surface area (Å²) < 4.78 is 1.15. The zero-order chi connectivity index (χ0) is 22.7. The highest BCUT2D eigenvalue weighted by Gasteiger charge is 2.02. The molecule has 3 aromatic carbocycles. The molecule has 158 valence electrons. The summed E-state index contributed by atoms with van der Waals surface area (Å²) in [5, 5.41) is 0. The summed E-state index contributed by atoms with van der Waals surface area (Å²) in [6.45, 7) is 14.2. The van der Waals surface area contributed by atoms with E-state index in [2.05, 4.69) is 80.9 Å². The molecule has 1 nitrogen and oxygen atoms in total. The molecule has 0 saturated heterocycles. The van der Waals surface area contributed by atoms with Crippen molar-refractivity contribution in [2.75, 3.05) is 0 Å². The van der Waals surface area contributed by atoms with Gasteiger partial charge in [-0.2, -0.15) is 0 Å². The Balaban J connectivity index is 0.000000235. The predicted molar refractivity (Wildman–Crippen MR) is 135 cm³/mol. The van der Waals surface area contributed by atoms with Crippen LogP contribution < -0.4 is 0 Å². The third-order valence-electron chi connectivity index (χ3n) is 4.81. The van der Waals surface area contributed by atoms with Gasteiger partial charge in [-0.05, 0) is 82.9 Å². The SMILES string of the molecule is CC(=O)c1ccccc1C.CC(C)=C(C)c1ccc(Br)cc1C.Cc1ccccc1. The molecule has 30 heavy (non-hydrogen) atoms. The molecule has 0 aliphatic rings. The van der Waals surface area contributed by atoms with Gasteiger partial charge in [0.1, 0.15) is 0 Å². The predicted octanol–water partition coefficient (Wildman–Crippen LogP) is 8.76.